The molecule has 1 atom stereocenters. The van der Waals surface area contributed by atoms with Crippen LogP contribution in [0.2, 0.25) is 5.02 Å². The van der Waals surface area contributed by atoms with Crippen molar-refractivity contribution in [3.05, 3.63) is 22.7 Å². The van der Waals surface area contributed by atoms with Gasteiger partial charge in [-0.15, -0.1) is 0 Å². The molecule has 0 aromatic heterocycles. The quantitative estimate of drug-likeness (QED) is 0.818. The number of aryl methyl sites for hydroxylation is 1. The summed E-state index contributed by atoms with van der Waals surface area (Å²) in [5.41, 5.74) is 6.78. The number of anilines is 1. The van der Waals surface area contributed by atoms with Gasteiger partial charge in [0.1, 0.15) is 4.90 Å². The van der Waals surface area contributed by atoms with Crippen LogP contribution in [-0.2, 0) is 10.0 Å². The van der Waals surface area contributed by atoms with Crippen LogP contribution in [0.5, 0.6) is 0 Å². The Bertz CT molecular complexity index is 543. The molecule has 1 rings (SSSR count). The lowest BCUT2D eigenvalue weighted by Gasteiger charge is -2.20. The van der Waals surface area contributed by atoms with E-state index in [4.69, 9.17) is 17.3 Å². The molecule has 0 bridgehead atoms. The van der Waals surface area contributed by atoms with E-state index in [0.717, 1.165) is 9.87 Å². The van der Waals surface area contributed by atoms with Gasteiger partial charge in [0, 0.05) is 19.3 Å². The van der Waals surface area contributed by atoms with Gasteiger partial charge in [-0.05, 0) is 31.5 Å². The predicted molar refractivity (Wildman–Crippen MR) is 72.1 cm³/mol. The third-order valence-electron chi connectivity index (χ3n) is 2.53. The number of rotatable bonds is 4. The topological polar surface area (TPSA) is 83.6 Å². The van der Waals surface area contributed by atoms with E-state index >= 15 is 0 Å². The molecule has 0 saturated heterocycles. The van der Waals surface area contributed by atoms with E-state index in [0.29, 0.717) is 5.69 Å². The Morgan fingerprint density at radius 3 is 2.56 bits per heavy atom. The third kappa shape index (κ3) is 3.14. The second kappa shape index (κ2) is 5.44. The Hall–Kier alpha value is -0.820. The zero-order valence-corrected chi connectivity index (χ0v) is 12.1. The van der Waals surface area contributed by atoms with Crippen LogP contribution >= 0.6 is 11.6 Å². The van der Waals surface area contributed by atoms with Gasteiger partial charge in [0.05, 0.1) is 11.1 Å². The van der Waals surface area contributed by atoms with Crippen molar-refractivity contribution in [2.75, 3.05) is 19.3 Å². The van der Waals surface area contributed by atoms with Crippen molar-refractivity contribution in [3.63, 3.8) is 0 Å². The average Bonchev–Trinajstić information content (AvgIpc) is 2.22. The lowest BCUT2D eigenvalue weighted by atomic mass is 10.2. The van der Waals surface area contributed by atoms with Gasteiger partial charge in [-0.2, -0.15) is 4.31 Å². The van der Waals surface area contributed by atoms with Gasteiger partial charge in [0.2, 0.25) is 10.0 Å². The molecule has 0 aliphatic heterocycles. The number of likely N-dealkylation sites (N-methyl/N-ethyl adjacent to an activating group) is 1. The molecule has 18 heavy (non-hydrogen) atoms. The van der Waals surface area contributed by atoms with Gasteiger partial charge in [-0.1, -0.05) is 11.6 Å². The zero-order valence-electron chi connectivity index (χ0n) is 10.5. The number of sulfonamides is 1. The lowest BCUT2D eigenvalue weighted by Crippen LogP contribution is -2.33. The van der Waals surface area contributed by atoms with Gasteiger partial charge >= 0.3 is 0 Å². The largest absolute Gasteiger partial charge is 0.398 e. The summed E-state index contributed by atoms with van der Waals surface area (Å²) < 4.78 is 25.5. The molecule has 0 saturated carbocycles. The highest BCUT2D eigenvalue weighted by Gasteiger charge is 2.25. The maximum Gasteiger partial charge on any atom is 0.244 e. The molecule has 0 heterocycles. The van der Waals surface area contributed by atoms with Crippen molar-refractivity contribution in [2.45, 2.75) is 24.8 Å². The van der Waals surface area contributed by atoms with Crippen LogP contribution in [-0.4, -0.2) is 37.5 Å². The molecule has 0 amide bonds. The summed E-state index contributed by atoms with van der Waals surface area (Å²) >= 11 is 5.94. The molecule has 0 radical (unpaired) electrons. The van der Waals surface area contributed by atoms with Crippen LogP contribution in [0.1, 0.15) is 12.5 Å². The van der Waals surface area contributed by atoms with Gasteiger partial charge < -0.3 is 10.8 Å². The summed E-state index contributed by atoms with van der Waals surface area (Å²) in [7, 11) is -2.36. The van der Waals surface area contributed by atoms with Crippen molar-refractivity contribution in [1.29, 1.82) is 0 Å². The van der Waals surface area contributed by atoms with Gasteiger partial charge in [0.25, 0.3) is 0 Å². The maximum atomic E-state index is 12.2. The Balaban J connectivity index is 3.24. The fraction of sp³-hybridized carbons (Fsp3) is 0.455. The fourth-order valence-electron chi connectivity index (χ4n) is 1.50. The van der Waals surface area contributed by atoms with Gasteiger partial charge in [0.15, 0.2) is 0 Å². The highest BCUT2D eigenvalue weighted by atomic mass is 35.5. The fourth-order valence-corrected chi connectivity index (χ4v) is 3.34. The summed E-state index contributed by atoms with van der Waals surface area (Å²) in [6, 6.07) is 2.85. The molecular weight excluding hydrogens is 276 g/mol. The molecule has 102 valence electrons. The van der Waals surface area contributed by atoms with Crippen LogP contribution in [0, 0.1) is 6.92 Å². The number of nitrogen functional groups attached to an aromatic ring is 1. The van der Waals surface area contributed by atoms with Crippen LogP contribution in [0.3, 0.4) is 0 Å². The Kier molecular flexibility index (Phi) is 4.61. The summed E-state index contributed by atoms with van der Waals surface area (Å²) in [5, 5.41) is 9.36. The molecule has 0 aliphatic carbocycles. The van der Waals surface area contributed by atoms with Crippen molar-refractivity contribution in [1.82, 2.24) is 4.31 Å². The van der Waals surface area contributed by atoms with E-state index in [1.165, 1.54) is 26.1 Å². The number of benzene rings is 1. The number of hydrogen-bond acceptors (Lipinski definition) is 4. The summed E-state index contributed by atoms with van der Waals surface area (Å²) in [4.78, 5) is -0.0459. The molecule has 5 nitrogen and oxygen atoms in total. The number of nitrogens with two attached hydrogens (primary N) is 1. The smallest absolute Gasteiger partial charge is 0.244 e. The highest BCUT2D eigenvalue weighted by Crippen LogP contribution is 2.28. The highest BCUT2D eigenvalue weighted by molar-refractivity contribution is 7.89. The Morgan fingerprint density at radius 2 is 2.06 bits per heavy atom. The minimum absolute atomic E-state index is 0.00750. The maximum absolute atomic E-state index is 12.2. The first kappa shape index (κ1) is 15.2. The van der Waals surface area contributed by atoms with Crippen LogP contribution in [0.4, 0.5) is 5.69 Å². The van der Waals surface area contributed by atoms with Gasteiger partial charge in [-0.25, -0.2) is 8.42 Å². The van der Waals surface area contributed by atoms with E-state index in [1.807, 2.05) is 0 Å². The summed E-state index contributed by atoms with van der Waals surface area (Å²) in [5.74, 6) is 0. The Labute approximate surface area is 112 Å². The van der Waals surface area contributed by atoms with E-state index in [2.05, 4.69) is 0 Å². The number of hydrogen-bond donors (Lipinski definition) is 2. The number of halogens is 1. The minimum atomic E-state index is -3.74. The van der Waals surface area contributed by atoms with E-state index < -0.39 is 16.1 Å². The third-order valence-corrected chi connectivity index (χ3v) is 4.82. The molecule has 7 heteroatoms. The Morgan fingerprint density at radius 1 is 1.50 bits per heavy atom. The molecular formula is C11H17ClN2O3S. The van der Waals surface area contributed by atoms with Crippen molar-refractivity contribution >= 4 is 27.3 Å². The predicted octanol–water partition coefficient (Wildman–Crippen LogP) is 1.23. The molecule has 1 aromatic carbocycles. The first-order valence-corrected chi connectivity index (χ1v) is 7.18. The number of aliphatic hydroxyl groups excluding tert-OH is 1. The second-order valence-electron chi connectivity index (χ2n) is 4.27. The monoisotopic (exact) mass is 292 g/mol. The molecule has 1 unspecified atom stereocenters. The second-order valence-corrected chi connectivity index (χ2v) is 6.69. The minimum Gasteiger partial charge on any atom is -0.398 e. The van der Waals surface area contributed by atoms with E-state index in [-0.39, 0.29) is 16.5 Å². The zero-order chi connectivity index (χ0) is 14.1. The molecule has 0 aliphatic rings. The standard InChI is InChI=1S/C11H17ClN2O3S/c1-7-4-9(12)11(5-10(7)13)18(16,17)14(3)6-8(2)15/h4-5,8,15H,6,13H2,1-3H3. The molecule has 0 fully saturated rings. The molecule has 3 N–H and O–H groups in total. The van der Waals surface area contributed by atoms with Crippen LogP contribution < -0.4 is 5.73 Å². The number of nitrogens with zero attached hydrogens (tertiary/aromatic N) is 1. The van der Waals surface area contributed by atoms with Crippen molar-refractivity contribution < 1.29 is 13.5 Å². The first-order chi connectivity index (χ1) is 8.16. The van der Waals surface area contributed by atoms with Crippen LogP contribution in [0.15, 0.2) is 17.0 Å². The van der Waals surface area contributed by atoms with Crippen LogP contribution in [0.25, 0.3) is 0 Å². The first-order valence-electron chi connectivity index (χ1n) is 5.36. The molecule has 0 spiro atoms. The van der Waals surface area contributed by atoms with Crippen molar-refractivity contribution in [3.8, 4) is 0 Å². The van der Waals surface area contributed by atoms with E-state index in [9.17, 15) is 13.5 Å². The average molecular weight is 293 g/mol. The summed E-state index contributed by atoms with van der Waals surface area (Å²) in [6.45, 7) is 3.25. The SMILES string of the molecule is Cc1cc(Cl)c(S(=O)(=O)N(C)CC(C)O)cc1N. The van der Waals surface area contributed by atoms with Gasteiger partial charge in [-0.3, -0.25) is 0 Å². The summed E-state index contributed by atoms with van der Waals surface area (Å²) in [6.07, 6.45) is -0.758. The lowest BCUT2D eigenvalue weighted by molar-refractivity contribution is 0.171. The number of aliphatic hydroxyl groups is 1. The molecule has 1 aromatic rings. The van der Waals surface area contributed by atoms with E-state index in [1.54, 1.807) is 6.92 Å². The van der Waals surface area contributed by atoms with Crippen molar-refractivity contribution in [2.24, 2.45) is 0 Å². The normalized spacial score (nSPS) is 13.9.